The molecule has 3 aromatic heterocycles. The van der Waals surface area contributed by atoms with Gasteiger partial charge in [0, 0.05) is 38.6 Å². The molecule has 1 atom stereocenters. The molecule has 0 N–H and O–H groups in total. The summed E-state index contributed by atoms with van der Waals surface area (Å²) < 4.78 is 5.86. The van der Waals surface area contributed by atoms with Crippen molar-refractivity contribution in [1.29, 1.82) is 0 Å². The Hall–Kier alpha value is -2.32. The molecule has 4 heterocycles. The van der Waals surface area contributed by atoms with E-state index in [0.717, 1.165) is 37.0 Å². The van der Waals surface area contributed by atoms with Gasteiger partial charge in [-0.2, -0.15) is 0 Å². The third-order valence-corrected chi connectivity index (χ3v) is 5.08. The molecular formula is C16H18N6OS. The van der Waals surface area contributed by atoms with Gasteiger partial charge in [0.05, 0.1) is 10.9 Å². The van der Waals surface area contributed by atoms with E-state index in [2.05, 4.69) is 36.9 Å². The first-order valence-electron chi connectivity index (χ1n) is 7.94. The third-order valence-electron chi connectivity index (χ3n) is 4.23. The number of nitrogens with zero attached hydrogens (tertiary/aromatic N) is 6. The van der Waals surface area contributed by atoms with E-state index in [9.17, 15) is 0 Å². The van der Waals surface area contributed by atoms with Crippen molar-refractivity contribution in [1.82, 2.24) is 25.1 Å². The second-order valence-electron chi connectivity index (χ2n) is 5.67. The Morgan fingerprint density at radius 1 is 1.08 bits per heavy atom. The molecule has 0 amide bonds. The zero-order valence-corrected chi connectivity index (χ0v) is 14.2. The number of hydrogen-bond donors (Lipinski definition) is 0. The first kappa shape index (κ1) is 15.2. The second kappa shape index (κ2) is 6.66. The molecule has 0 aliphatic carbocycles. The van der Waals surface area contributed by atoms with Gasteiger partial charge in [0.25, 0.3) is 5.89 Å². The molecule has 0 radical (unpaired) electrons. The average molecular weight is 342 g/mol. The van der Waals surface area contributed by atoms with E-state index in [1.54, 1.807) is 23.7 Å². The molecule has 3 aromatic rings. The first-order valence-corrected chi connectivity index (χ1v) is 8.82. The number of aromatic nitrogens is 4. The van der Waals surface area contributed by atoms with E-state index >= 15 is 0 Å². The van der Waals surface area contributed by atoms with Gasteiger partial charge in [-0.25, -0.2) is 9.97 Å². The van der Waals surface area contributed by atoms with Gasteiger partial charge in [-0.05, 0) is 24.4 Å². The summed E-state index contributed by atoms with van der Waals surface area (Å²) in [4.78, 5) is 14.2. The fourth-order valence-electron chi connectivity index (χ4n) is 2.82. The second-order valence-corrected chi connectivity index (χ2v) is 6.62. The Labute approximate surface area is 144 Å². The summed E-state index contributed by atoms with van der Waals surface area (Å²) in [5.74, 6) is 2.06. The molecule has 0 unspecified atom stereocenters. The molecule has 1 fully saturated rings. The van der Waals surface area contributed by atoms with Gasteiger partial charge in [-0.15, -0.1) is 21.5 Å². The molecule has 0 aromatic carbocycles. The number of piperazine rings is 1. The predicted molar refractivity (Wildman–Crippen MR) is 91.8 cm³/mol. The first-order chi connectivity index (χ1) is 11.8. The normalized spacial score (nSPS) is 17.1. The van der Waals surface area contributed by atoms with Gasteiger partial charge < -0.3 is 9.32 Å². The fraction of sp³-hybridized carbons (Fsp3) is 0.375. The van der Waals surface area contributed by atoms with E-state index in [4.69, 9.17) is 4.42 Å². The molecule has 0 saturated carbocycles. The lowest BCUT2D eigenvalue weighted by atomic mass is 10.2. The van der Waals surface area contributed by atoms with Crippen LogP contribution in [0.3, 0.4) is 0 Å². The van der Waals surface area contributed by atoms with Gasteiger partial charge >= 0.3 is 0 Å². The van der Waals surface area contributed by atoms with Crippen molar-refractivity contribution >= 4 is 17.3 Å². The highest BCUT2D eigenvalue weighted by atomic mass is 32.1. The van der Waals surface area contributed by atoms with Crippen molar-refractivity contribution in [3.8, 4) is 10.8 Å². The summed E-state index contributed by atoms with van der Waals surface area (Å²) in [6.07, 6.45) is 3.56. The molecule has 124 valence electrons. The minimum absolute atomic E-state index is 0.102. The smallest absolute Gasteiger partial charge is 0.257 e. The van der Waals surface area contributed by atoms with Crippen LogP contribution in [0.4, 0.5) is 5.95 Å². The maximum Gasteiger partial charge on any atom is 0.257 e. The van der Waals surface area contributed by atoms with E-state index < -0.39 is 0 Å². The number of hydrogen-bond acceptors (Lipinski definition) is 8. The number of anilines is 1. The summed E-state index contributed by atoms with van der Waals surface area (Å²) >= 11 is 1.60. The molecule has 1 saturated heterocycles. The van der Waals surface area contributed by atoms with Gasteiger partial charge in [0.15, 0.2) is 0 Å². The maximum atomic E-state index is 5.86. The number of thiophene rings is 1. The van der Waals surface area contributed by atoms with Gasteiger partial charge in [-0.1, -0.05) is 6.07 Å². The van der Waals surface area contributed by atoms with Crippen LogP contribution in [0, 0.1) is 0 Å². The van der Waals surface area contributed by atoms with E-state index in [-0.39, 0.29) is 6.04 Å². The Bertz CT molecular complexity index is 767. The van der Waals surface area contributed by atoms with Crippen LogP contribution in [-0.4, -0.2) is 51.2 Å². The summed E-state index contributed by atoms with van der Waals surface area (Å²) in [7, 11) is 0. The summed E-state index contributed by atoms with van der Waals surface area (Å²) in [6, 6.07) is 5.91. The van der Waals surface area contributed by atoms with Gasteiger partial charge in [0.2, 0.25) is 11.8 Å². The van der Waals surface area contributed by atoms with Crippen molar-refractivity contribution in [3.05, 3.63) is 41.9 Å². The Morgan fingerprint density at radius 3 is 2.58 bits per heavy atom. The van der Waals surface area contributed by atoms with Crippen molar-refractivity contribution in [3.63, 3.8) is 0 Å². The van der Waals surface area contributed by atoms with Crippen molar-refractivity contribution in [2.45, 2.75) is 13.0 Å². The topological polar surface area (TPSA) is 71.2 Å². The summed E-state index contributed by atoms with van der Waals surface area (Å²) in [6.45, 7) is 5.72. The minimum atomic E-state index is 0.102. The summed E-state index contributed by atoms with van der Waals surface area (Å²) in [5.41, 5.74) is 0. The van der Waals surface area contributed by atoms with Crippen LogP contribution < -0.4 is 4.90 Å². The Morgan fingerprint density at radius 2 is 1.88 bits per heavy atom. The van der Waals surface area contributed by atoms with Crippen LogP contribution in [0.15, 0.2) is 40.4 Å². The molecule has 8 heteroatoms. The molecule has 1 aliphatic heterocycles. The molecule has 1 aliphatic rings. The average Bonchev–Trinajstić information content (AvgIpc) is 3.33. The summed E-state index contributed by atoms with van der Waals surface area (Å²) in [5, 5.41) is 10.4. The van der Waals surface area contributed by atoms with Crippen LogP contribution in [0.2, 0.25) is 0 Å². The lowest BCUT2D eigenvalue weighted by Gasteiger charge is -2.36. The van der Waals surface area contributed by atoms with Crippen LogP contribution in [0.25, 0.3) is 10.8 Å². The molecular weight excluding hydrogens is 324 g/mol. The van der Waals surface area contributed by atoms with Crippen LogP contribution >= 0.6 is 11.3 Å². The largest absolute Gasteiger partial charge is 0.418 e. The van der Waals surface area contributed by atoms with Crippen LogP contribution in [-0.2, 0) is 0 Å². The van der Waals surface area contributed by atoms with E-state index in [1.165, 1.54) is 0 Å². The molecule has 4 rings (SSSR count). The molecule has 24 heavy (non-hydrogen) atoms. The zero-order chi connectivity index (χ0) is 16.4. The maximum absolute atomic E-state index is 5.86. The van der Waals surface area contributed by atoms with Crippen LogP contribution in [0.5, 0.6) is 0 Å². The SMILES string of the molecule is C[C@H](c1nnc(-c2cccs2)o1)N1CCN(c2ncccn2)CC1. The molecule has 0 spiro atoms. The fourth-order valence-corrected chi connectivity index (χ4v) is 3.47. The zero-order valence-electron chi connectivity index (χ0n) is 13.4. The van der Waals surface area contributed by atoms with Gasteiger partial charge in [-0.3, -0.25) is 4.90 Å². The minimum Gasteiger partial charge on any atom is -0.418 e. The molecule has 0 bridgehead atoms. The van der Waals surface area contributed by atoms with Crippen LogP contribution in [0.1, 0.15) is 18.9 Å². The molecule has 7 nitrogen and oxygen atoms in total. The van der Waals surface area contributed by atoms with Crippen molar-refractivity contribution < 1.29 is 4.42 Å². The third kappa shape index (κ3) is 3.02. The highest BCUT2D eigenvalue weighted by Gasteiger charge is 2.26. The number of rotatable bonds is 4. The highest BCUT2D eigenvalue weighted by Crippen LogP contribution is 2.27. The Kier molecular flexibility index (Phi) is 4.22. The quantitative estimate of drug-likeness (QED) is 0.721. The predicted octanol–water partition coefficient (Wildman–Crippen LogP) is 2.47. The van der Waals surface area contributed by atoms with E-state index in [1.807, 2.05) is 23.6 Å². The standard InChI is InChI=1S/C16H18N6OS/c1-12(14-19-20-15(23-14)13-4-2-11-24-13)21-7-9-22(10-8-21)16-17-5-3-6-18-16/h2-6,11-12H,7-10H2,1H3/t12-/m1/s1. The van der Waals surface area contributed by atoms with Gasteiger partial charge in [0.1, 0.15) is 0 Å². The van der Waals surface area contributed by atoms with Crippen molar-refractivity contribution in [2.24, 2.45) is 0 Å². The Balaban J connectivity index is 1.40. The monoisotopic (exact) mass is 342 g/mol. The lowest BCUT2D eigenvalue weighted by molar-refractivity contribution is 0.173. The highest BCUT2D eigenvalue weighted by molar-refractivity contribution is 7.13. The van der Waals surface area contributed by atoms with Crippen molar-refractivity contribution in [2.75, 3.05) is 31.1 Å². The lowest BCUT2D eigenvalue weighted by Crippen LogP contribution is -2.47. The van der Waals surface area contributed by atoms with E-state index in [0.29, 0.717) is 11.8 Å².